The van der Waals surface area contributed by atoms with Crippen molar-refractivity contribution in [3.05, 3.63) is 88.0 Å². The average molecular weight is 1560 g/mol. The highest BCUT2D eigenvalue weighted by Crippen LogP contribution is 2.39. The minimum atomic E-state index is -1.84. The van der Waals surface area contributed by atoms with Crippen LogP contribution < -0.4 is 19.9 Å². The van der Waals surface area contributed by atoms with E-state index < -0.39 is 63.2 Å². The third kappa shape index (κ3) is 50.2. The highest BCUT2D eigenvalue weighted by molar-refractivity contribution is 6.74. The summed E-state index contributed by atoms with van der Waals surface area (Å²) in [7, 11) is -3.60. The van der Waals surface area contributed by atoms with Gasteiger partial charge in [0.15, 0.2) is 16.6 Å². The Morgan fingerprint density at radius 1 is 0.370 bits per heavy atom. The van der Waals surface area contributed by atoms with Gasteiger partial charge in [-0.25, -0.2) is 9.59 Å². The molecule has 4 N–H and O–H groups in total. The summed E-state index contributed by atoms with van der Waals surface area (Å²) < 4.78 is 84.7. The Morgan fingerprint density at radius 2 is 0.639 bits per heavy atom. The summed E-state index contributed by atoms with van der Waals surface area (Å²) in [6, 6.07) is 17.8. The fraction of sp³-hybridized carbons (Fsp3) is 0.707. The van der Waals surface area contributed by atoms with Gasteiger partial charge in [-0.15, -0.1) is 0 Å². The molecule has 0 fully saturated rings. The lowest BCUT2D eigenvalue weighted by Crippen LogP contribution is -2.40. The SMILES string of the molecule is CC(C)(C)OC(=O)CC(CCCOCCOCCOc1cc(CO)cc(CO)c1)=NC(=O)OC(C)(C)C.CCc1cc(CO[Si](C)(C)C(C)(C)C)cc(OCCOCCOCCCC(CC(=O)OC(C)(C)C)=NC(=O)OC(C)(C)C)c1.CCc1cc(CO[Si](C)(C)C(C)(C)C)cc(OCCOCCOCCN)c1. The highest BCUT2D eigenvalue weighted by Gasteiger charge is 2.38. The van der Waals surface area contributed by atoms with Crippen LogP contribution in [0.3, 0.4) is 0 Å². The number of benzene rings is 3. The number of aliphatic hydroxyl groups excluding tert-OH is 2. The van der Waals surface area contributed by atoms with Gasteiger partial charge in [-0.2, -0.15) is 9.98 Å². The predicted octanol–water partition coefficient (Wildman–Crippen LogP) is 16.2. The van der Waals surface area contributed by atoms with Crippen LogP contribution in [0.15, 0.2) is 64.6 Å². The number of hydrogen-bond donors (Lipinski definition) is 3. The lowest BCUT2D eigenvalue weighted by molar-refractivity contribution is -0.154. The largest absolute Gasteiger partial charge is 0.491 e. The predicted molar refractivity (Wildman–Crippen MR) is 431 cm³/mol. The van der Waals surface area contributed by atoms with E-state index in [1.165, 1.54) is 16.7 Å². The molecule has 0 saturated heterocycles. The van der Waals surface area contributed by atoms with Crippen molar-refractivity contribution in [3.63, 3.8) is 0 Å². The van der Waals surface area contributed by atoms with Gasteiger partial charge in [0.25, 0.3) is 0 Å². The van der Waals surface area contributed by atoms with E-state index in [1.54, 1.807) is 101 Å². The second-order valence-electron chi connectivity index (χ2n) is 33.1. The number of hydrogen-bond acceptors (Lipinski definition) is 22. The molecule has 0 unspecified atom stereocenters. The van der Waals surface area contributed by atoms with Gasteiger partial charge < -0.3 is 86.4 Å². The summed E-state index contributed by atoms with van der Waals surface area (Å²) in [6.07, 6.45) is 2.20. The molecule has 0 spiro atoms. The van der Waals surface area contributed by atoms with Crippen molar-refractivity contribution in [2.75, 3.05) is 106 Å². The van der Waals surface area contributed by atoms with E-state index in [0.29, 0.717) is 173 Å². The Kier molecular flexibility index (Phi) is 47.4. The van der Waals surface area contributed by atoms with Gasteiger partial charge in [0.2, 0.25) is 0 Å². The molecule has 0 aromatic heterocycles. The van der Waals surface area contributed by atoms with Crippen LogP contribution in [-0.2, 0) is 105 Å². The molecule has 0 saturated carbocycles. The molecule has 0 aliphatic heterocycles. The summed E-state index contributed by atoms with van der Waals surface area (Å²) >= 11 is 0. The number of aliphatic imine (C=N–C) groups is 2. The van der Waals surface area contributed by atoms with E-state index in [2.05, 4.69) is 128 Å². The quantitative estimate of drug-likeness (QED) is 0.0156. The molecule has 0 atom stereocenters. The number of carbonyl (C=O) groups is 4. The molecule has 0 bridgehead atoms. The number of nitrogens with zero attached hydrogens (tertiary/aromatic N) is 2. The van der Waals surface area contributed by atoms with E-state index in [9.17, 15) is 29.4 Å². The van der Waals surface area contributed by atoms with Crippen LogP contribution in [0.2, 0.25) is 36.3 Å². The van der Waals surface area contributed by atoms with Crippen LogP contribution in [-0.4, -0.2) is 190 Å². The second-order valence-corrected chi connectivity index (χ2v) is 42.8. The second kappa shape index (κ2) is 51.0. The summed E-state index contributed by atoms with van der Waals surface area (Å²) in [5, 5.41) is 18.9. The third-order valence-electron chi connectivity index (χ3n) is 16.3. The number of ether oxygens (including phenoxy) is 13. The number of rotatable bonds is 45. The summed E-state index contributed by atoms with van der Waals surface area (Å²) in [6.45, 7) is 56.4. The van der Waals surface area contributed by atoms with Crippen molar-refractivity contribution in [1.82, 2.24) is 0 Å². The molecule has 0 aliphatic rings. The smallest absolute Gasteiger partial charge is 0.434 e. The molecular weight excluding hydrogens is 1420 g/mol. The first-order valence-electron chi connectivity index (χ1n) is 38.2. The van der Waals surface area contributed by atoms with Crippen LogP contribution in [0.5, 0.6) is 17.2 Å². The summed E-state index contributed by atoms with van der Waals surface area (Å²) in [5.74, 6) is 1.38. The molecule has 26 heteroatoms. The molecule has 618 valence electrons. The van der Waals surface area contributed by atoms with Gasteiger partial charge in [0, 0.05) is 31.2 Å². The lowest BCUT2D eigenvalue weighted by Gasteiger charge is -2.36. The van der Waals surface area contributed by atoms with Crippen LogP contribution in [0.4, 0.5) is 9.59 Å². The zero-order chi connectivity index (χ0) is 81.8. The zero-order valence-electron chi connectivity index (χ0n) is 70.6. The van der Waals surface area contributed by atoms with Gasteiger partial charge in [-0.1, -0.05) is 73.6 Å². The van der Waals surface area contributed by atoms with Gasteiger partial charge >= 0.3 is 24.1 Å². The number of nitrogens with two attached hydrogens (primary N) is 1. The minimum Gasteiger partial charge on any atom is -0.491 e. The number of esters is 2. The first-order chi connectivity index (χ1) is 50.2. The van der Waals surface area contributed by atoms with Crippen molar-refractivity contribution in [2.24, 2.45) is 15.7 Å². The summed E-state index contributed by atoms with van der Waals surface area (Å²) in [5.41, 5.74) is 9.67. The van der Waals surface area contributed by atoms with Crippen LogP contribution in [0.25, 0.3) is 0 Å². The van der Waals surface area contributed by atoms with Crippen LogP contribution in [0, 0.1) is 0 Å². The Labute approximate surface area is 650 Å². The van der Waals surface area contributed by atoms with Crippen LogP contribution in [0.1, 0.15) is 210 Å². The minimum absolute atomic E-state index is 0.0774. The van der Waals surface area contributed by atoms with Gasteiger partial charge in [-0.05, 0) is 228 Å². The first-order valence-corrected chi connectivity index (χ1v) is 44.0. The molecule has 3 aromatic rings. The van der Waals surface area contributed by atoms with Gasteiger partial charge in [-0.3, -0.25) is 9.59 Å². The molecule has 0 radical (unpaired) electrons. The maximum absolute atomic E-state index is 12.3. The van der Waals surface area contributed by atoms with E-state index in [0.717, 1.165) is 29.9 Å². The monoisotopic (exact) mass is 1560 g/mol. The van der Waals surface area contributed by atoms with Crippen molar-refractivity contribution in [1.29, 1.82) is 0 Å². The molecule has 2 amide bonds. The Morgan fingerprint density at radius 3 is 0.917 bits per heavy atom. The van der Waals surface area contributed by atoms with Gasteiger partial charge in [0.1, 0.15) is 59.5 Å². The highest BCUT2D eigenvalue weighted by atomic mass is 28.4. The molecule has 108 heavy (non-hydrogen) atoms. The topological polar surface area (TPSA) is 298 Å². The fourth-order valence-corrected chi connectivity index (χ4v) is 10.8. The molecule has 3 aromatic carbocycles. The number of aliphatic hydroxyl groups is 2. The number of carbonyl (C=O) groups excluding carboxylic acids is 4. The summed E-state index contributed by atoms with van der Waals surface area (Å²) in [4.78, 5) is 56.9. The maximum Gasteiger partial charge on any atom is 0.434 e. The standard InChI is InChI=1S/C34H59NO8Si.C27H43NO9.C21H39NO4Si/c1-13-26-21-27(25-41-44(11,12)34(8,9)10)23-29(22-26)40-20-19-39-18-17-38-16-14-15-28(24-30(36)42-32(2,3)4)35-31(37)43-33(5,6)7;1-26(2,3)36-24(31)17-22(28-25(32)37-27(4,5)6)8-7-9-33-10-11-34-12-13-35-23-15-20(18-29)14-21(16-23)19-30;1-7-18-14-19(17-26-27(5,6)21(2,3)4)16-20(15-18)25-13-12-24-11-10-23-9-8-22/h21-23H,13-20,24-25H2,1-12H3;14-16,29-30H,7-13,17-19H2,1-6H3;14-16H,7-13,17,22H2,1-6H3. The maximum atomic E-state index is 12.3. The van der Waals surface area contributed by atoms with E-state index in [-0.39, 0.29) is 36.1 Å². The molecule has 0 aliphatic carbocycles. The molecular formula is C82H141N3O21Si2. The van der Waals surface area contributed by atoms with Crippen molar-refractivity contribution < 1.29 is 99.8 Å². The van der Waals surface area contributed by atoms with E-state index >= 15 is 0 Å². The third-order valence-corrected chi connectivity index (χ3v) is 25.2. The van der Waals surface area contributed by atoms with Crippen molar-refractivity contribution in [2.45, 2.75) is 275 Å². The number of aryl methyl sites for hydroxylation is 2. The number of amides is 2. The van der Waals surface area contributed by atoms with Crippen LogP contribution >= 0.6 is 0 Å². The van der Waals surface area contributed by atoms with E-state index in [4.69, 9.17) is 76.2 Å². The Balaban J connectivity index is 0.000000833. The van der Waals surface area contributed by atoms with Gasteiger partial charge in [0.05, 0.1) is 105 Å². The fourth-order valence-electron chi connectivity index (χ4n) is 8.90. The zero-order valence-corrected chi connectivity index (χ0v) is 72.6. The lowest BCUT2D eigenvalue weighted by atomic mass is 10.1. The molecule has 3 rings (SSSR count). The van der Waals surface area contributed by atoms with Crippen molar-refractivity contribution in [3.8, 4) is 17.2 Å². The van der Waals surface area contributed by atoms with Crippen molar-refractivity contribution >= 4 is 52.2 Å². The molecule has 24 nitrogen and oxygen atoms in total. The Hall–Kier alpha value is -5.73. The molecule has 0 heterocycles. The average Bonchev–Trinajstić information content (AvgIpc) is 0.835. The normalized spacial score (nSPS) is 12.7. The first kappa shape index (κ1) is 100. The van der Waals surface area contributed by atoms with E-state index in [1.807, 2.05) is 0 Å². The Bertz CT molecular complexity index is 3090.